The van der Waals surface area contributed by atoms with Gasteiger partial charge < -0.3 is 19.7 Å². The van der Waals surface area contributed by atoms with E-state index in [4.69, 9.17) is 19.4 Å². The number of hydrogen-bond donors (Lipinski definition) is 2. The molecule has 0 spiro atoms. The smallest absolute Gasteiger partial charge is 0.259 e. The van der Waals surface area contributed by atoms with Crippen molar-refractivity contribution < 1.29 is 32.3 Å². The number of carbonyl (C=O) groups excluding carboxylic acids is 3. The maximum atomic E-state index is 14.0. The molecule has 2 N–H and O–H groups in total. The minimum Gasteiger partial charge on any atom is -0.496 e. The summed E-state index contributed by atoms with van der Waals surface area (Å²) >= 11 is 1.51. The number of sulfonamides is 1. The fourth-order valence-electron chi connectivity index (χ4n) is 7.19. The van der Waals surface area contributed by atoms with Crippen LogP contribution in [0.15, 0.2) is 36.2 Å². The van der Waals surface area contributed by atoms with Gasteiger partial charge in [0.1, 0.15) is 39.9 Å². The van der Waals surface area contributed by atoms with Gasteiger partial charge in [0.15, 0.2) is 0 Å². The number of aromatic nitrogens is 2. The summed E-state index contributed by atoms with van der Waals surface area (Å²) in [5.74, 6) is -0.369. The van der Waals surface area contributed by atoms with Gasteiger partial charge in [0, 0.05) is 41.2 Å². The largest absolute Gasteiger partial charge is 0.496 e. The Bertz CT molecular complexity index is 1970. The number of amides is 3. The van der Waals surface area contributed by atoms with Gasteiger partial charge in [-0.1, -0.05) is 19.9 Å². The second-order valence-corrected chi connectivity index (χ2v) is 16.7. The van der Waals surface area contributed by atoms with E-state index in [2.05, 4.69) is 30.5 Å². The van der Waals surface area contributed by atoms with Gasteiger partial charge in [-0.25, -0.2) is 18.4 Å². The molecule has 5 atom stereocenters. The molecule has 14 heteroatoms. The van der Waals surface area contributed by atoms with Crippen molar-refractivity contribution in [3.05, 3.63) is 47.5 Å². The Morgan fingerprint density at radius 3 is 2.61 bits per heavy atom. The van der Waals surface area contributed by atoms with Crippen LogP contribution in [0.2, 0.25) is 0 Å². The maximum absolute atomic E-state index is 14.0. The molecule has 12 nitrogen and oxygen atoms in total. The summed E-state index contributed by atoms with van der Waals surface area (Å²) in [5, 5.41) is 5.81. The van der Waals surface area contributed by atoms with Gasteiger partial charge in [-0.05, 0) is 57.1 Å². The lowest BCUT2D eigenvalue weighted by Crippen LogP contribution is -2.57. The van der Waals surface area contributed by atoms with Crippen LogP contribution in [0.5, 0.6) is 11.5 Å². The highest BCUT2D eigenvalue weighted by Gasteiger charge is 2.62. The Labute approximate surface area is 289 Å². The summed E-state index contributed by atoms with van der Waals surface area (Å²) in [5.41, 5.74) is 1.73. The molecule has 2 aromatic heterocycles. The molecule has 2 aliphatic carbocycles. The number of aryl methyl sites for hydroxylation is 1. The van der Waals surface area contributed by atoms with Crippen LogP contribution in [0.1, 0.15) is 76.0 Å². The van der Waals surface area contributed by atoms with E-state index in [9.17, 15) is 22.8 Å². The molecular formula is C35H41N5O7S2. The summed E-state index contributed by atoms with van der Waals surface area (Å²) in [7, 11) is -2.21. The Morgan fingerprint density at radius 1 is 1.18 bits per heavy atom. The van der Waals surface area contributed by atoms with E-state index >= 15 is 0 Å². The molecule has 49 heavy (non-hydrogen) atoms. The number of ether oxygens (including phenoxy) is 2. The fourth-order valence-corrected chi connectivity index (χ4v) is 9.50. The standard InChI is InChI=1S/C35H41N5O7S2/c1-6-20-16-35(20,34(43)39-49(44,45)21-10-11-21)38-32(42)26-15-29(25-8-7-9-30(41)40(25)26)47-28-14-23(33-37-24(17-48-33)18(2)3)36-31-19(4)27(46-5)13-12-22(28)31/h6,12-14,17-18,20-21,25-26,29H,1,7-11,15-16H2,2-5H3,(H,38,42)(H,39,43)/t20-,25-,26+,29?,35-/m1/s1. The number of piperidine rings is 1. The molecule has 2 aliphatic heterocycles. The molecule has 2 saturated heterocycles. The fraction of sp³-hybridized carbons (Fsp3) is 0.514. The van der Waals surface area contributed by atoms with Crippen LogP contribution < -0.4 is 19.5 Å². The number of carbonyl (C=O) groups is 3. The predicted molar refractivity (Wildman–Crippen MR) is 185 cm³/mol. The van der Waals surface area contributed by atoms with Crippen molar-refractivity contribution in [2.75, 3.05) is 7.11 Å². The number of pyridine rings is 1. The first-order valence-corrected chi connectivity index (χ1v) is 19.2. The lowest BCUT2D eigenvalue weighted by molar-refractivity contribution is -0.143. The Kier molecular flexibility index (Phi) is 8.45. The normalized spacial score (nSPS) is 26.4. The van der Waals surface area contributed by atoms with E-state index in [1.54, 1.807) is 18.1 Å². The number of nitrogens with one attached hydrogen (secondary N) is 2. The van der Waals surface area contributed by atoms with Crippen molar-refractivity contribution in [1.82, 2.24) is 24.9 Å². The second kappa shape index (κ2) is 12.4. The molecule has 4 heterocycles. The summed E-state index contributed by atoms with van der Waals surface area (Å²) < 4.78 is 39.8. The predicted octanol–water partition coefficient (Wildman–Crippen LogP) is 4.37. The van der Waals surface area contributed by atoms with Gasteiger partial charge in [-0.3, -0.25) is 19.1 Å². The average Bonchev–Trinajstić information content (AvgIpc) is 3.96. The average molecular weight is 708 g/mol. The number of hydrogen-bond acceptors (Lipinski definition) is 10. The van der Waals surface area contributed by atoms with Crippen LogP contribution in [0, 0.1) is 12.8 Å². The molecule has 7 rings (SSSR count). The summed E-state index contributed by atoms with van der Waals surface area (Å²) in [6, 6.07) is 4.37. The van der Waals surface area contributed by atoms with Gasteiger partial charge in [0.05, 0.1) is 29.6 Å². The highest BCUT2D eigenvalue weighted by Crippen LogP contribution is 2.46. The van der Waals surface area contributed by atoms with Crippen LogP contribution in [-0.4, -0.2) is 77.1 Å². The third-order valence-corrected chi connectivity index (χ3v) is 13.0. The van der Waals surface area contributed by atoms with Crippen LogP contribution in [0.25, 0.3) is 21.6 Å². The molecule has 260 valence electrons. The number of nitrogens with zero attached hydrogens (tertiary/aromatic N) is 3. The zero-order valence-electron chi connectivity index (χ0n) is 28.0. The lowest BCUT2D eigenvalue weighted by atomic mass is 10.00. The van der Waals surface area contributed by atoms with Crippen molar-refractivity contribution in [1.29, 1.82) is 0 Å². The Hall–Kier alpha value is -4.04. The van der Waals surface area contributed by atoms with Crippen molar-refractivity contribution in [2.24, 2.45) is 5.92 Å². The van der Waals surface area contributed by atoms with Crippen molar-refractivity contribution >= 4 is 50.0 Å². The van der Waals surface area contributed by atoms with Crippen LogP contribution in [0.4, 0.5) is 0 Å². The molecule has 1 unspecified atom stereocenters. The quantitative estimate of drug-likeness (QED) is 0.276. The first-order valence-electron chi connectivity index (χ1n) is 16.8. The summed E-state index contributed by atoms with van der Waals surface area (Å²) in [4.78, 5) is 52.2. The molecule has 3 aromatic rings. The van der Waals surface area contributed by atoms with Gasteiger partial charge >= 0.3 is 0 Å². The van der Waals surface area contributed by atoms with Crippen LogP contribution in [-0.2, 0) is 24.4 Å². The van der Waals surface area contributed by atoms with Crippen molar-refractivity contribution in [2.45, 2.75) is 101 Å². The Morgan fingerprint density at radius 2 is 1.96 bits per heavy atom. The first-order chi connectivity index (χ1) is 23.4. The van der Waals surface area contributed by atoms with E-state index < -0.39 is 50.7 Å². The zero-order chi connectivity index (χ0) is 34.8. The van der Waals surface area contributed by atoms with Gasteiger partial charge in [-0.2, -0.15) is 0 Å². The number of rotatable bonds is 11. The monoisotopic (exact) mass is 707 g/mol. The van der Waals surface area contributed by atoms with E-state index in [0.29, 0.717) is 54.8 Å². The molecule has 3 amide bonds. The highest BCUT2D eigenvalue weighted by atomic mass is 32.2. The minimum atomic E-state index is -3.83. The number of thiazole rings is 1. The maximum Gasteiger partial charge on any atom is 0.259 e. The molecule has 2 saturated carbocycles. The molecular weight excluding hydrogens is 667 g/mol. The second-order valence-electron chi connectivity index (χ2n) is 13.9. The Balaban J connectivity index is 1.20. The molecule has 1 aromatic carbocycles. The van der Waals surface area contributed by atoms with Crippen molar-refractivity contribution in [3.8, 4) is 22.2 Å². The lowest BCUT2D eigenvalue weighted by Gasteiger charge is -2.35. The minimum absolute atomic E-state index is 0.154. The number of fused-ring (bicyclic) bond motifs is 2. The van der Waals surface area contributed by atoms with Crippen LogP contribution >= 0.6 is 11.3 Å². The van der Waals surface area contributed by atoms with E-state index in [-0.39, 0.29) is 30.7 Å². The third-order valence-electron chi connectivity index (χ3n) is 10.3. The highest BCUT2D eigenvalue weighted by molar-refractivity contribution is 7.91. The van der Waals surface area contributed by atoms with Crippen LogP contribution in [0.3, 0.4) is 0 Å². The van der Waals surface area contributed by atoms with E-state index in [1.165, 1.54) is 11.3 Å². The number of methoxy groups -OCH3 is 1. The van der Waals surface area contributed by atoms with E-state index in [0.717, 1.165) is 21.7 Å². The summed E-state index contributed by atoms with van der Waals surface area (Å²) in [6.45, 7) is 9.90. The van der Waals surface area contributed by atoms with Crippen molar-refractivity contribution in [3.63, 3.8) is 0 Å². The summed E-state index contributed by atoms with van der Waals surface area (Å²) in [6.07, 6.45) is 4.05. The third kappa shape index (κ3) is 5.96. The molecule has 4 aliphatic rings. The topological polar surface area (TPSA) is 157 Å². The first kappa shape index (κ1) is 33.5. The van der Waals surface area contributed by atoms with Gasteiger partial charge in [-0.15, -0.1) is 17.9 Å². The zero-order valence-corrected chi connectivity index (χ0v) is 29.7. The van der Waals surface area contributed by atoms with Gasteiger partial charge in [0.2, 0.25) is 21.8 Å². The molecule has 0 radical (unpaired) electrons. The number of benzene rings is 1. The van der Waals surface area contributed by atoms with E-state index in [1.807, 2.05) is 30.5 Å². The SMILES string of the molecule is C=C[C@@H]1C[C@]1(NC(=O)[C@@H]1CC(Oc2cc(-c3nc(C(C)C)cs3)nc3c(C)c(OC)ccc23)[C@H]2CCCC(=O)N21)C(=O)NS(=O)(=O)C1CC1. The van der Waals surface area contributed by atoms with Gasteiger partial charge in [0.25, 0.3) is 5.91 Å². The molecule has 0 bridgehead atoms. The molecule has 4 fully saturated rings.